The number of hydrogen-bond donors (Lipinski definition) is 1. The van der Waals surface area contributed by atoms with Gasteiger partial charge in [-0.1, -0.05) is 49.6 Å². The summed E-state index contributed by atoms with van der Waals surface area (Å²) in [5.74, 6) is 0.0230. The molecule has 1 unspecified atom stereocenters. The Bertz CT molecular complexity index is 814. The molecule has 0 radical (unpaired) electrons. The van der Waals surface area contributed by atoms with Crippen molar-refractivity contribution in [2.24, 2.45) is 5.41 Å². The average Bonchev–Trinajstić information content (AvgIpc) is 2.83. The smallest absolute Gasteiger partial charge is 0.317 e. The van der Waals surface area contributed by atoms with E-state index < -0.39 is 0 Å². The standard InChI is InChI=1S/C25H35N3O4/c1-2-32-21(29)11-16-26-24(31)27-17-12-20(13-18-27)28-22(19-9-5-3-6-10-19)25(23(28)30)14-7-4-8-15-25/h3,5-6,9-10,20,22H,2,4,7-8,11-18H2,1H3,(H,26,31). The Morgan fingerprint density at radius 1 is 1.09 bits per heavy atom. The molecule has 7 nitrogen and oxygen atoms in total. The summed E-state index contributed by atoms with van der Waals surface area (Å²) >= 11 is 0. The molecule has 3 amide bonds. The summed E-state index contributed by atoms with van der Waals surface area (Å²) in [5.41, 5.74) is 1.02. The Hall–Kier alpha value is -2.57. The van der Waals surface area contributed by atoms with Crippen molar-refractivity contribution in [2.45, 2.75) is 70.4 Å². The number of esters is 1. The third-order valence-corrected chi connectivity index (χ3v) is 7.38. The maximum atomic E-state index is 13.5. The van der Waals surface area contributed by atoms with Gasteiger partial charge in [0.1, 0.15) is 0 Å². The van der Waals surface area contributed by atoms with Crippen LogP contribution in [0.3, 0.4) is 0 Å². The van der Waals surface area contributed by atoms with Gasteiger partial charge in [-0.15, -0.1) is 0 Å². The van der Waals surface area contributed by atoms with Crippen LogP contribution in [0.2, 0.25) is 0 Å². The van der Waals surface area contributed by atoms with Gasteiger partial charge in [0.2, 0.25) is 5.91 Å². The van der Waals surface area contributed by atoms with Gasteiger partial charge in [-0.3, -0.25) is 9.59 Å². The van der Waals surface area contributed by atoms with Crippen molar-refractivity contribution in [3.05, 3.63) is 35.9 Å². The highest BCUT2D eigenvalue weighted by Crippen LogP contribution is 2.59. The maximum absolute atomic E-state index is 13.5. The molecule has 4 rings (SSSR count). The van der Waals surface area contributed by atoms with Crippen LogP contribution in [0.4, 0.5) is 4.79 Å². The number of urea groups is 1. The minimum Gasteiger partial charge on any atom is -0.466 e. The number of likely N-dealkylation sites (tertiary alicyclic amines) is 2. The zero-order valence-electron chi connectivity index (χ0n) is 19.1. The van der Waals surface area contributed by atoms with E-state index in [4.69, 9.17) is 4.74 Å². The molecule has 1 N–H and O–H groups in total. The van der Waals surface area contributed by atoms with E-state index in [1.165, 1.54) is 12.0 Å². The van der Waals surface area contributed by atoms with E-state index in [9.17, 15) is 14.4 Å². The summed E-state index contributed by atoms with van der Waals surface area (Å²) in [6, 6.07) is 10.7. The first-order chi connectivity index (χ1) is 15.6. The molecule has 7 heteroatoms. The van der Waals surface area contributed by atoms with Crippen molar-refractivity contribution < 1.29 is 19.1 Å². The minimum absolute atomic E-state index is 0.147. The van der Waals surface area contributed by atoms with Crippen molar-refractivity contribution in [3.63, 3.8) is 0 Å². The first kappa shape index (κ1) is 22.6. The van der Waals surface area contributed by atoms with Gasteiger partial charge in [0.25, 0.3) is 0 Å². The predicted octanol–water partition coefficient (Wildman–Crippen LogP) is 3.65. The molecule has 1 aromatic carbocycles. The Kier molecular flexibility index (Phi) is 7.01. The number of nitrogens with one attached hydrogen (secondary N) is 1. The number of benzene rings is 1. The number of carbonyl (C=O) groups excluding carboxylic acids is 3. The molecule has 174 valence electrons. The van der Waals surface area contributed by atoms with Gasteiger partial charge in [-0.05, 0) is 38.2 Å². The summed E-state index contributed by atoms with van der Waals surface area (Å²) in [7, 11) is 0. The second kappa shape index (κ2) is 9.92. The Morgan fingerprint density at radius 3 is 2.44 bits per heavy atom. The third kappa shape index (κ3) is 4.34. The van der Waals surface area contributed by atoms with Crippen molar-refractivity contribution in [2.75, 3.05) is 26.2 Å². The largest absolute Gasteiger partial charge is 0.466 e. The van der Waals surface area contributed by atoms with E-state index in [2.05, 4.69) is 34.5 Å². The van der Waals surface area contributed by atoms with Gasteiger partial charge < -0.3 is 19.9 Å². The predicted molar refractivity (Wildman–Crippen MR) is 121 cm³/mol. The van der Waals surface area contributed by atoms with Crippen LogP contribution in [-0.2, 0) is 14.3 Å². The van der Waals surface area contributed by atoms with E-state index in [0.717, 1.165) is 38.5 Å². The SMILES string of the molecule is CCOC(=O)CCNC(=O)N1CCC(N2C(=O)C3(CCCCC3)C2c2ccccc2)CC1. The molecule has 2 heterocycles. The van der Waals surface area contributed by atoms with Gasteiger partial charge in [-0.2, -0.15) is 0 Å². The van der Waals surface area contributed by atoms with E-state index >= 15 is 0 Å². The summed E-state index contributed by atoms with van der Waals surface area (Å²) in [6.07, 6.45) is 7.22. The molecule has 1 atom stereocenters. The van der Waals surface area contributed by atoms with E-state index in [0.29, 0.717) is 25.6 Å². The van der Waals surface area contributed by atoms with Crippen LogP contribution in [0.5, 0.6) is 0 Å². The second-order valence-electron chi connectivity index (χ2n) is 9.25. The molecule has 1 spiro atoms. The lowest BCUT2D eigenvalue weighted by Gasteiger charge is -2.61. The summed E-state index contributed by atoms with van der Waals surface area (Å²) < 4.78 is 4.89. The molecule has 2 saturated heterocycles. The molecule has 0 bridgehead atoms. The fourth-order valence-electron chi connectivity index (χ4n) is 5.82. The first-order valence-corrected chi connectivity index (χ1v) is 12.1. The van der Waals surface area contributed by atoms with Gasteiger partial charge in [0.05, 0.1) is 24.5 Å². The fraction of sp³-hybridized carbons (Fsp3) is 0.640. The maximum Gasteiger partial charge on any atom is 0.317 e. The van der Waals surface area contributed by atoms with Gasteiger partial charge in [0.15, 0.2) is 0 Å². The molecule has 2 aliphatic heterocycles. The molecule has 1 saturated carbocycles. The number of ether oxygens (including phenoxy) is 1. The number of nitrogens with zero attached hydrogens (tertiary/aromatic N) is 2. The zero-order valence-corrected chi connectivity index (χ0v) is 19.1. The van der Waals surface area contributed by atoms with E-state index in [1.807, 2.05) is 6.07 Å². The Morgan fingerprint density at radius 2 is 1.78 bits per heavy atom. The molecule has 1 aliphatic carbocycles. The highest BCUT2D eigenvalue weighted by Gasteiger charge is 2.62. The number of carbonyl (C=O) groups is 3. The average molecular weight is 442 g/mol. The fourth-order valence-corrected chi connectivity index (χ4v) is 5.82. The summed E-state index contributed by atoms with van der Waals surface area (Å²) in [5, 5.41) is 2.81. The third-order valence-electron chi connectivity index (χ3n) is 7.38. The van der Waals surface area contributed by atoms with Crippen LogP contribution in [0.15, 0.2) is 30.3 Å². The minimum atomic E-state index is -0.300. The lowest BCUT2D eigenvalue weighted by molar-refractivity contribution is -0.186. The molecule has 3 fully saturated rings. The molecule has 0 aromatic heterocycles. The van der Waals surface area contributed by atoms with Crippen molar-refractivity contribution in [1.82, 2.24) is 15.1 Å². The summed E-state index contributed by atoms with van der Waals surface area (Å²) in [4.78, 5) is 41.3. The van der Waals surface area contributed by atoms with Crippen LogP contribution in [-0.4, -0.2) is 60.0 Å². The number of rotatable bonds is 6. The first-order valence-electron chi connectivity index (χ1n) is 12.1. The van der Waals surface area contributed by atoms with Gasteiger partial charge in [-0.25, -0.2) is 4.79 Å². The molecule has 3 aliphatic rings. The van der Waals surface area contributed by atoms with Crippen LogP contribution in [0, 0.1) is 5.41 Å². The zero-order chi connectivity index (χ0) is 22.6. The molecular formula is C25H35N3O4. The van der Waals surface area contributed by atoms with Gasteiger partial charge >= 0.3 is 12.0 Å². The number of hydrogen-bond acceptors (Lipinski definition) is 4. The van der Waals surface area contributed by atoms with Crippen LogP contribution in [0.25, 0.3) is 0 Å². The lowest BCUT2D eigenvalue weighted by Crippen LogP contribution is -2.68. The van der Waals surface area contributed by atoms with Crippen LogP contribution in [0.1, 0.15) is 69.9 Å². The normalized spacial score (nSPS) is 23.0. The van der Waals surface area contributed by atoms with Gasteiger partial charge in [0, 0.05) is 25.7 Å². The Balaban J connectivity index is 1.36. The van der Waals surface area contributed by atoms with E-state index in [-0.39, 0.29) is 42.5 Å². The number of amides is 3. The monoisotopic (exact) mass is 441 g/mol. The Labute approximate surface area is 190 Å². The van der Waals surface area contributed by atoms with Crippen molar-refractivity contribution in [3.8, 4) is 0 Å². The highest BCUT2D eigenvalue weighted by atomic mass is 16.5. The molecular weight excluding hydrogens is 406 g/mol. The lowest BCUT2D eigenvalue weighted by atomic mass is 9.59. The molecule has 1 aromatic rings. The number of β-lactam (4-membered cyclic amide) rings is 1. The number of piperidine rings is 1. The second-order valence-corrected chi connectivity index (χ2v) is 9.25. The summed E-state index contributed by atoms with van der Waals surface area (Å²) in [6.45, 7) is 3.63. The van der Waals surface area contributed by atoms with Crippen molar-refractivity contribution in [1.29, 1.82) is 0 Å². The molecule has 32 heavy (non-hydrogen) atoms. The highest BCUT2D eigenvalue weighted by molar-refractivity contribution is 5.91. The van der Waals surface area contributed by atoms with Crippen LogP contribution < -0.4 is 5.32 Å². The van der Waals surface area contributed by atoms with Crippen molar-refractivity contribution >= 4 is 17.9 Å². The topological polar surface area (TPSA) is 79.0 Å². The van der Waals surface area contributed by atoms with E-state index in [1.54, 1.807) is 11.8 Å². The van der Waals surface area contributed by atoms with Crippen LogP contribution >= 0.6 is 0 Å². The quantitative estimate of drug-likeness (QED) is 0.540.